The first-order valence-corrected chi connectivity index (χ1v) is 9.05. The highest BCUT2D eigenvalue weighted by Crippen LogP contribution is 2.35. The van der Waals surface area contributed by atoms with Crippen molar-refractivity contribution in [3.8, 4) is 0 Å². The summed E-state index contributed by atoms with van der Waals surface area (Å²) in [7, 11) is 0. The van der Waals surface area contributed by atoms with Gasteiger partial charge in [0, 0.05) is 12.3 Å². The SMILES string of the molecule is CC(=O)Nc1ccc(C)cc1NC(=O)c1sc2nc(C(F)(F)F)ccc2c1C. The Morgan fingerprint density at radius 2 is 1.75 bits per heavy atom. The fourth-order valence-corrected chi connectivity index (χ4v) is 3.79. The minimum atomic E-state index is -4.55. The van der Waals surface area contributed by atoms with E-state index in [0.29, 0.717) is 22.3 Å². The predicted molar refractivity (Wildman–Crippen MR) is 103 cm³/mol. The standard InChI is InChI=1S/C19H16F3N3O2S/c1-9-4-6-13(23-11(3)26)14(8-9)24-17(27)16-10(2)12-5-7-15(19(20,21)22)25-18(12)28-16/h4-8H,1-3H3,(H,23,26)(H,24,27). The van der Waals surface area contributed by atoms with Gasteiger partial charge in [-0.1, -0.05) is 6.07 Å². The third-order valence-electron chi connectivity index (χ3n) is 4.03. The van der Waals surface area contributed by atoms with E-state index < -0.39 is 17.8 Å². The van der Waals surface area contributed by atoms with Crippen molar-refractivity contribution in [3.05, 3.63) is 52.0 Å². The van der Waals surface area contributed by atoms with Crippen molar-refractivity contribution in [1.29, 1.82) is 0 Å². The van der Waals surface area contributed by atoms with Crippen LogP contribution in [0.1, 0.15) is 33.4 Å². The van der Waals surface area contributed by atoms with Crippen molar-refractivity contribution < 1.29 is 22.8 Å². The number of hydrogen-bond donors (Lipinski definition) is 2. The number of benzene rings is 1. The molecule has 0 unspecified atom stereocenters. The minimum Gasteiger partial charge on any atom is -0.325 e. The van der Waals surface area contributed by atoms with Crippen LogP contribution in [0.2, 0.25) is 0 Å². The number of amides is 2. The van der Waals surface area contributed by atoms with E-state index in [2.05, 4.69) is 15.6 Å². The van der Waals surface area contributed by atoms with E-state index in [-0.39, 0.29) is 15.6 Å². The summed E-state index contributed by atoms with van der Waals surface area (Å²) in [6.07, 6.45) is -4.55. The Hall–Kier alpha value is -2.94. The fourth-order valence-electron chi connectivity index (χ4n) is 2.71. The molecule has 1 aromatic carbocycles. The Bertz CT molecular complexity index is 1090. The number of nitrogens with one attached hydrogen (secondary N) is 2. The molecule has 0 radical (unpaired) electrons. The maximum Gasteiger partial charge on any atom is 0.433 e. The molecule has 3 aromatic rings. The zero-order valence-electron chi connectivity index (χ0n) is 15.2. The third-order valence-corrected chi connectivity index (χ3v) is 5.23. The van der Waals surface area contributed by atoms with Gasteiger partial charge in [0.15, 0.2) is 0 Å². The molecule has 5 nitrogen and oxygen atoms in total. The van der Waals surface area contributed by atoms with Crippen LogP contribution in [0.3, 0.4) is 0 Å². The number of pyridine rings is 1. The maximum absolute atomic E-state index is 12.9. The van der Waals surface area contributed by atoms with Crippen molar-refractivity contribution in [3.63, 3.8) is 0 Å². The molecular formula is C19H16F3N3O2S. The number of aromatic nitrogens is 1. The Labute approximate surface area is 162 Å². The van der Waals surface area contributed by atoms with Gasteiger partial charge in [-0.25, -0.2) is 4.98 Å². The van der Waals surface area contributed by atoms with E-state index in [1.54, 1.807) is 25.1 Å². The van der Waals surface area contributed by atoms with E-state index >= 15 is 0 Å². The average molecular weight is 407 g/mol. The number of hydrogen-bond acceptors (Lipinski definition) is 4. The Morgan fingerprint density at radius 1 is 1.04 bits per heavy atom. The molecule has 0 aliphatic carbocycles. The number of carbonyl (C=O) groups is 2. The molecule has 0 saturated heterocycles. The second-order valence-electron chi connectivity index (χ2n) is 6.29. The number of thiophene rings is 1. The van der Waals surface area contributed by atoms with Crippen LogP contribution >= 0.6 is 11.3 Å². The van der Waals surface area contributed by atoms with Gasteiger partial charge in [-0.3, -0.25) is 9.59 Å². The van der Waals surface area contributed by atoms with Crippen molar-refractivity contribution in [2.45, 2.75) is 26.9 Å². The van der Waals surface area contributed by atoms with Gasteiger partial charge in [0.2, 0.25) is 5.91 Å². The predicted octanol–water partition coefficient (Wildman–Crippen LogP) is 5.14. The molecule has 0 bridgehead atoms. The molecule has 0 saturated carbocycles. The number of rotatable bonds is 3. The van der Waals surface area contributed by atoms with Gasteiger partial charge in [0.25, 0.3) is 5.91 Å². The van der Waals surface area contributed by atoms with E-state index in [1.807, 2.05) is 6.92 Å². The van der Waals surface area contributed by atoms with Crippen LogP contribution in [0, 0.1) is 13.8 Å². The fraction of sp³-hybridized carbons (Fsp3) is 0.211. The van der Waals surface area contributed by atoms with Gasteiger partial charge < -0.3 is 10.6 Å². The zero-order valence-corrected chi connectivity index (χ0v) is 16.0. The molecule has 2 N–H and O–H groups in total. The summed E-state index contributed by atoms with van der Waals surface area (Å²) in [4.78, 5) is 28.2. The van der Waals surface area contributed by atoms with Crippen molar-refractivity contribution in [2.75, 3.05) is 10.6 Å². The molecule has 146 valence electrons. The van der Waals surface area contributed by atoms with E-state index in [0.717, 1.165) is 23.0 Å². The van der Waals surface area contributed by atoms with Gasteiger partial charge in [0.1, 0.15) is 10.5 Å². The third kappa shape index (κ3) is 3.99. The van der Waals surface area contributed by atoms with Crippen LogP contribution < -0.4 is 10.6 Å². The average Bonchev–Trinajstić information content (AvgIpc) is 2.93. The number of alkyl halides is 3. The first-order chi connectivity index (χ1) is 13.1. The van der Waals surface area contributed by atoms with E-state index in [4.69, 9.17) is 0 Å². The van der Waals surface area contributed by atoms with Crippen LogP contribution in [-0.4, -0.2) is 16.8 Å². The van der Waals surface area contributed by atoms with Crippen LogP contribution in [0.15, 0.2) is 30.3 Å². The molecule has 2 heterocycles. The molecule has 0 aliphatic rings. The highest BCUT2D eigenvalue weighted by atomic mass is 32.1. The molecule has 0 fully saturated rings. The number of aryl methyl sites for hydroxylation is 2. The molecule has 28 heavy (non-hydrogen) atoms. The molecule has 0 spiro atoms. The van der Waals surface area contributed by atoms with Crippen LogP contribution in [0.25, 0.3) is 10.2 Å². The molecule has 3 rings (SSSR count). The smallest absolute Gasteiger partial charge is 0.325 e. The molecule has 0 atom stereocenters. The van der Waals surface area contributed by atoms with Gasteiger partial charge >= 0.3 is 6.18 Å². The van der Waals surface area contributed by atoms with Gasteiger partial charge in [-0.05, 0) is 49.2 Å². The molecule has 2 aromatic heterocycles. The molecular weight excluding hydrogens is 391 g/mol. The Balaban J connectivity index is 1.97. The lowest BCUT2D eigenvalue weighted by atomic mass is 10.1. The normalized spacial score (nSPS) is 11.5. The number of nitrogens with zero attached hydrogens (tertiary/aromatic N) is 1. The highest BCUT2D eigenvalue weighted by Gasteiger charge is 2.33. The molecule has 9 heteroatoms. The quantitative estimate of drug-likeness (QED) is 0.631. The lowest BCUT2D eigenvalue weighted by Gasteiger charge is -2.12. The number of anilines is 2. The summed E-state index contributed by atoms with van der Waals surface area (Å²) in [6, 6.07) is 7.38. The highest BCUT2D eigenvalue weighted by molar-refractivity contribution is 7.20. The summed E-state index contributed by atoms with van der Waals surface area (Å²) < 4.78 is 38.7. The first kappa shape index (κ1) is 19.8. The lowest BCUT2D eigenvalue weighted by Crippen LogP contribution is -2.15. The summed E-state index contributed by atoms with van der Waals surface area (Å²) in [5.41, 5.74) is 1.25. The second kappa shape index (κ2) is 7.23. The number of fused-ring (bicyclic) bond motifs is 1. The van der Waals surface area contributed by atoms with Gasteiger partial charge in [-0.2, -0.15) is 13.2 Å². The topological polar surface area (TPSA) is 71.1 Å². The summed E-state index contributed by atoms with van der Waals surface area (Å²) in [5.74, 6) is -0.771. The van der Waals surface area contributed by atoms with Crippen molar-refractivity contribution in [1.82, 2.24) is 4.98 Å². The molecule has 0 aliphatic heterocycles. The summed E-state index contributed by atoms with van der Waals surface area (Å²) >= 11 is 0.895. The van der Waals surface area contributed by atoms with Crippen LogP contribution in [0.4, 0.5) is 24.5 Å². The van der Waals surface area contributed by atoms with Crippen molar-refractivity contribution >= 4 is 44.7 Å². The van der Waals surface area contributed by atoms with E-state index in [9.17, 15) is 22.8 Å². The van der Waals surface area contributed by atoms with Crippen LogP contribution in [-0.2, 0) is 11.0 Å². The summed E-state index contributed by atoms with van der Waals surface area (Å²) in [6.45, 7) is 4.85. The monoisotopic (exact) mass is 407 g/mol. The lowest BCUT2D eigenvalue weighted by molar-refractivity contribution is -0.140. The Kier molecular flexibility index (Phi) is 5.12. The summed E-state index contributed by atoms with van der Waals surface area (Å²) in [5, 5.41) is 5.86. The number of carbonyl (C=O) groups excluding carboxylic acids is 2. The number of halogens is 3. The first-order valence-electron chi connectivity index (χ1n) is 8.23. The van der Waals surface area contributed by atoms with Gasteiger partial charge in [-0.15, -0.1) is 11.3 Å². The van der Waals surface area contributed by atoms with Crippen LogP contribution in [0.5, 0.6) is 0 Å². The minimum absolute atomic E-state index is 0.142. The second-order valence-corrected chi connectivity index (χ2v) is 7.29. The van der Waals surface area contributed by atoms with Crippen molar-refractivity contribution in [2.24, 2.45) is 0 Å². The Morgan fingerprint density at radius 3 is 2.39 bits per heavy atom. The zero-order chi connectivity index (χ0) is 20.6. The molecule has 2 amide bonds. The largest absolute Gasteiger partial charge is 0.433 e. The maximum atomic E-state index is 12.9. The van der Waals surface area contributed by atoms with Gasteiger partial charge in [0.05, 0.1) is 16.3 Å². The van der Waals surface area contributed by atoms with E-state index in [1.165, 1.54) is 13.0 Å².